The summed E-state index contributed by atoms with van der Waals surface area (Å²) < 4.78 is 5.56. The summed E-state index contributed by atoms with van der Waals surface area (Å²) in [4.78, 5) is 31.3. The Hall–Kier alpha value is -2.97. The maximum absolute atomic E-state index is 12.5. The normalized spacial score (nSPS) is 12.0. The Bertz CT molecular complexity index is 936. The highest BCUT2D eigenvalue weighted by atomic mass is 32.1. The van der Waals surface area contributed by atoms with Crippen molar-refractivity contribution in [1.29, 1.82) is 0 Å². The van der Waals surface area contributed by atoms with Gasteiger partial charge in [-0.15, -0.1) is 11.3 Å². The molecule has 0 radical (unpaired) electrons. The van der Waals surface area contributed by atoms with E-state index in [1.54, 1.807) is 35.9 Å². The van der Waals surface area contributed by atoms with Crippen LogP contribution in [0, 0.1) is 0 Å². The number of carbonyl (C=O) groups excluding carboxylic acids is 2. The summed E-state index contributed by atoms with van der Waals surface area (Å²) in [6.07, 6.45) is 1.80. The summed E-state index contributed by atoms with van der Waals surface area (Å²) in [6, 6.07) is 12.7. The molecule has 3 aromatic rings. The minimum atomic E-state index is -0.221. The van der Waals surface area contributed by atoms with Gasteiger partial charge in [-0.1, -0.05) is 32.0 Å². The molecule has 0 fully saturated rings. The Balaban J connectivity index is 1.54. The van der Waals surface area contributed by atoms with Crippen LogP contribution in [0.5, 0.6) is 0 Å². The van der Waals surface area contributed by atoms with E-state index in [1.165, 1.54) is 11.3 Å². The van der Waals surface area contributed by atoms with Crippen LogP contribution in [0.15, 0.2) is 58.5 Å². The Morgan fingerprint density at radius 3 is 2.57 bits per heavy atom. The molecule has 0 bridgehead atoms. The first-order chi connectivity index (χ1) is 14.6. The molecule has 2 N–H and O–H groups in total. The highest BCUT2D eigenvalue weighted by Gasteiger charge is 2.21. The number of anilines is 1. The quantitative estimate of drug-likeness (QED) is 0.516. The van der Waals surface area contributed by atoms with E-state index in [2.05, 4.69) is 34.4 Å². The number of aromatic nitrogens is 1. The second-order valence-electron chi connectivity index (χ2n) is 6.70. The predicted octanol–water partition coefficient (Wildman–Crippen LogP) is 3.73. The molecular formula is C22H26N4O3S. The monoisotopic (exact) mass is 426 g/mol. The third-order valence-electron chi connectivity index (χ3n) is 4.77. The molecule has 8 heteroatoms. The fourth-order valence-electron chi connectivity index (χ4n) is 3.20. The van der Waals surface area contributed by atoms with Crippen molar-refractivity contribution in [1.82, 2.24) is 15.2 Å². The average Bonchev–Trinajstić information content (AvgIpc) is 3.44. The molecule has 1 aromatic carbocycles. The third kappa shape index (κ3) is 5.77. The van der Waals surface area contributed by atoms with Crippen LogP contribution in [-0.4, -0.2) is 41.3 Å². The fraction of sp³-hybridized carbons (Fsp3) is 0.318. The van der Waals surface area contributed by atoms with Gasteiger partial charge in [-0.25, -0.2) is 4.98 Å². The van der Waals surface area contributed by atoms with Crippen LogP contribution in [0.3, 0.4) is 0 Å². The minimum absolute atomic E-state index is 0.0184. The van der Waals surface area contributed by atoms with Crippen LogP contribution in [0.1, 0.15) is 41.7 Å². The highest BCUT2D eigenvalue weighted by molar-refractivity contribution is 7.14. The summed E-state index contributed by atoms with van der Waals surface area (Å²) in [5, 5.41) is 8.01. The molecule has 0 spiro atoms. The molecule has 2 amide bonds. The molecule has 158 valence electrons. The first-order valence-corrected chi connectivity index (χ1v) is 10.8. The smallest absolute Gasteiger partial charge is 0.257 e. The van der Waals surface area contributed by atoms with Gasteiger partial charge in [-0.3, -0.25) is 19.8 Å². The van der Waals surface area contributed by atoms with Crippen molar-refractivity contribution >= 4 is 28.3 Å². The van der Waals surface area contributed by atoms with Gasteiger partial charge in [0.1, 0.15) is 5.76 Å². The third-order valence-corrected chi connectivity index (χ3v) is 5.57. The van der Waals surface area contributed by atoms with Crippen molar-refractivity contribution in [2.45, 2.75) is 26.3 Å². The first-order valence-electron chi connectivity index (χ1n) is 9.95. The number of hydrogen-bond acceptors (Lipinski definition) is 6. The molecular weight excluding hydrogens is 400 g/mol. The van der Waals surface area contributed by atoms with Crippen LogP contribution in [0.2, 0.25) is 0 Å². The standard InChI is InChI=1S/C22H26N4O3S/c1-3-26(4-2)18(19-11-8-12-29-19)14-23-20(27)13-17-15-30-22(24-17)25-21(28)16-9-6-5-7-10-16/h5-12,15,18H,3-4,13-14H2,1-2H3,(H,23,27)(H,24,25,28). The lowest BCUT2D eigenvalue weighted by molar-refractivity contribution is -0.120. The molecule has 0 saturated heterocycles. The Morgan fingerprint density at radius 1 is 1.13 bits per heavy atom. The minimum Gasteiger partial charge on any atom is -0.468 e. The van der Waals surface area contributed by atoms with Gasteiger partial charge in [0.05, 0.1) is 24.4 Å². The molecule has 3 rings (SSSR count). The molecule has 1 atom stereocenters. The van der Waals surface area contributed by atoms with E-state index in [0.717, 1.165) is 18.8 Å². The van der Waals surface area contributed by atoms with Gasteiger partial charge >= 0.3 is 0 Å². The SMILES string of the molecule is CCN(CC)C(CNC(=O)Cc1csc(NC(=O)c2ccccc2)n1)c1ccco1. The van der Waals surface area contributed by atoms with E-state index in [9.17, 15) is 9.59 Å². The highest BCUT2D eigenvalue weighted by Crippen LogP contribution is 2.21. The van der Waals surface area contributed by atoms with Gasteiger partial charge in [-0.2, -0.15) is 0 Å². The topological polar surface area (TPSA) is 87.5 Å². The first kappa shape index (κ1) is 21.7. The van der Waals surface area contributed by atoms with Crippen molar-refractivity contribution in [3.05, 3.63) is 71.1 Å². The number of rotatable bonds is 10. The average molecular weight is 427 g/mol. The zero-order valence-electron chi connectivity index (χ0n) is 17.1. The summed E-state index contributed by atoms with van der Waals surface area (Å²) in [5.41, 5.74) is 1.19. The number of hydrogen-bond donors (Lipinski definition) is 2. The van der Waals surface area contributed by atoms with Gasteiger partial charge in [0.25, 0.3) is 5.91 Å². The van der Waals surface area contributed by atoms with E-state index >= 15 is 0 Å². The Labute approximate surface area is 180 Å². The molecule has 30 heavy (non-hydrogen) atoms. The van der Waals surface area contributed by atoms with Crippen molar-refractivity contribution in [2.75, 3.05) is 25.0 Å². The second kappa shape index (κ2) is 10.7. The lowest BCUT2D eigenvalue weighted by Gasteiger charge is -2.28. The van der Waals surface area contributed by atoms with E-state index in [4.69, 9.17) is 4.42 Å². The summed E-state index contributed by atoms with van der Waals surface area (Å²) >= 11 is 1.30. The van der Waals surface area contributed by atoms with Crippen molar-refractivity contribution in [3.63, 3.8) is 0 Å². The summed E-state index contributed by atoms with van der Waals surface area (Å²) in [5.74, 6) is 0.491. The van der Waals surface area contributed by atoms with Crippen LogP contribution in [0.4, 0.5) is 5.13 Å². The molecule has 0 aliphatic heterocycles. The van der Waals surface area contributed by atoms with Crippen molar-refractivity contribution in [3.8, 4) is 0 Å². The lowest BCUT2D eigenvalue weighted by atomic mass is 10.1. The Morgan fingerprint density at radius 2 is 1.90 bits per heavy atom. The van der Waals surface area contributed by atoms with Gasteiger partial charge in [-0.05, 0) is 37.4 Å². The zero-order valence-corrected chi connectivity index (χ0v) is 17.9. The fourth-order valence-corrected chi connectivity index (χ4v) is 3.90. The molecule has 2 heterocycles. The number of likely N-dealkylation sites (N-methyl/N-ethyl adjacent to an activating group) is 1. The molecule has 0 saturated carbocycles. The van der Waals surface area contributed by atoms with Gasteiger partial charge in [0, 0.05) is 17.5 Å². The number of amides is 2. The zero-order chi connectivity index (χ0) is 21.3. The van der Waals surface area contributed by atoms with Gasteiger partial charge in [0.15, 0.2) is 5.13 Å². The van der Waals surface area contributed by atoms with Crippen molar-refractivity contribution < 1.29 is 14.0 Å². The van der Waals surface area contributed by atoms with E-state index < -0.39 is 0 Å². The number of furan rings is 1. The molecule has 1 unspecified atom stereocenters. The number of nitrogens with one attached hydrogen (secondary N) is 2. The number of nitrogens with zero attached hydrogens (tertiary/aromatic N) is 2. The summed E-state index contributed by atoms with van der Waals surface area (Å²) in [7, 11) is 0. The number of carbonyl (C=O) groups is 2. The predicted molar refractivity (Wildman–Crippen MR) is 118 cm³/mol. The van der Waals surface area contributed by atoms with Crippen molar-refractivity contribution in [2.24, 2.45) is 0 Å². The van der Waals surface area contributed by atoms with E-state index in [-0.39, 0.29) is 24.3 Å². The summed E-state index contributed by atoms with van der Waals surface area (Å²) in [6.45, 7) is 6.34. The molecule has 7 nitrogen and oxygen atoms in total. The number of thiazole rings is 1. The van der Waals surface area contributed by atoms with Crippen LogP contribution < -0.4 is 10.6 Å². The second-order valence-corrected chi connectivity index (χ2v) is 7.56. The molecule has 0 aliphatic rings. The van der Waals surface area contributed by atoms with E-state index in [1.807, 2.05) is 18.2 Å². The van der Waals surface area contributed by atoms with Crippen LogP contribution in [-0.2, 0) is 11.2 Å². The maximum Gasteiger partial charge on any atom is 0.257 e. The molecule has 0 aliphatic carbocycles. The van der Waals surface area contributed by atoms with Gasteiger partial charge < -0.3 is 9.73 Å². The number of benzene rings is 1. The van der Waals surface area contributed by atoms with Gasteiger partial charge in [0.2, 0.25) is 5.91 Å². The maximum atomic E-state index is 12.5. The van der Waals surface area contributed by atoms with Crippen LogP contribution >= 0.6 is 11.3 Å². The van der Waals surface area contributed by atoms with Crippen LogP contribution in [0.25, 0.3) is 0 Å². The lowest BCUT2D eigenvalue weighted by Crippen LogP contribution is -2.38. The largest absolute Gasteiger partial charge is 0.468 e. The van der Waals surface area contributed by atoms with E-state index in [0.29, 0.717) is 22.9 Å². The molecule has 2 aromatic heterocycles. The Kier molecular flexibility index (Phi) is 7.75.